The topological polar surface area (TPSA) is 41.8 Å². The lowest BCUT2D eigenvalue weighted by Gasteiger charge is -2.07. The van der Waals surface area contributed by atoms with Crippen LogP contribution in [0.5, 0.6) is 0 Å². The fraction of sp³-hybridized carbons (Fsp3) is 0.333. The third-order valence-electron chi connectivity index (χ3n) is 1.12. The molecule has 1 atom stereocenters. The van der Waals surface area contributed by atoms with E-state index in [-0.39, 0.29) is 0 Å². The molecule has 0 spiro atoms. The largest absolute Gasteiger partial charge is 0.301 e. The molecule has 0 aliphatic carbocycles. The molecule has 0 bridgehead atoms. The molecule has 0 N–H and O–H groups in total. The van der Waals surface area contributed by atoms with Gasteiger partial charge in [-0.25, -0.2) is 4.99 Å². The van der Waals surface area contributed by atoms with Crippen LogP contribution in [0.25, 0.3) is 0 Å². The number of carbonyl (C=O) groups excluding carboxylic acids is 1. The monoisotopic (exact) mass is 154 g/mol. The summed E-state index contributed by atoms with van der Waals surface area (Å²) in [6.45, 7) is 1.73. The molecule has 0 radical (unpaired) electrons. The third-order valence-corrected chi connectivity index (χ3v) is 1.47. The second-order valence-electron chi connectivity index (χ2n) is 1.92. The number of nitrogens with zero attached hydrogens (tertiary/aromatic N) is 2. The number of hydrogen-bond donors (Lipinski definition) is 0. The summed E-state index contributed by atoms with van der Waals surface area (Å²) >= 11 is 4.79. The lowest BCUT2D eigenvalue weighted by Crippen LogP contribution is -2.24. The van der Waals surface area contributed by atoms with Crippen LogP contribution >= 0.6 is 12.2 Å². The fourth-order valence-electron chi connectivity index (χ4n) is 0.629. The van der Waals surface area contributed by atoms with Crippen molar-refractivity contribution in [1.82, 2.24) is 0 Å². The molecule has 0 fully saturated rings. The van der Waals surface area contributed by atoms with E-state index in [0.717, 1.165) is 6.29 Å². The van der Waals surface area contributed by atoms with Crippen molar-refractivity contribution in [3.63, 3.8) is 0 Å². The van der Waals surface area contributed by atoms with Crippen LogP contribution in [0.2, 0.25) is 0 Å². The van der Waals surface area contributed by atoms with Gasteiger partial charge >= 0.3 is 0 Å². The van der Waals surface area contributed by atoms with Crippen LogP contribution in [0.15, 0.2) is 9.98 Å². The molecule has 0 amide bonds. The molecule has 0 aromatic heterocycles. The Kier molecular flexibility index (Phi) is 2.01. The molecule has 0 saturated heterocycles. The highest BCUT2D eigenvalue weighted by molar-refractivity contribution is 7.82. The zero-order chi connectivity index (χ0) is 7.56. The Morgan fingerprint density at radius 3 is 3.00 bits per heavy atom. The molecule has 10 heavy (non-hydrogen) atoms. The molecule has 1 aliphatic heterocycles. The number of aliphatic imine (C=N–C) groups is 2. The van der Waals surface area contributed by atoms with E-state index < -0.39 is 6.04 Å². The molecule has 52 valence electrons. The van der Waals surface area contributed by atoms with E-state index in [4.69, 9.17) is 12.2 Å². The first kappa shape index (κ1) is 7.21. The summed E-state index contributed by atoms with van der Waals surface area (Å²) in [5.74, 6) is 0.603. The number of carbonyl (C=O) groups is 1. The van der Waals surface area contributed by atoms with Crippen molar-refractivity contribution < 1.29 is 4.79 Å². The second kappa shape index (κ2) is 2.79. The van der Waals surface area contributed by atoms with Crippen molar-refractivity contribution in [2.45, 2.75) is 13.0 Å². The predicted octanol–water partition coefficient (Wildman–Crippen LogP) is 0.427. The summed E-state index contributed by atoms with van der Waals surface area (Å²) in [6, 6.07) is -0.479. The molecular formula is C6H6N2OS. The van der Waals surface area contributed by atoms with Crippen molar-refractivity contribution in [2.24, 2.45) is 9.98 Å². The number of hydrogen-bond acceptors (Lipinski definition) is 4. The van der Waals surface area contributed by atoms with E-state index >= 15 is 0 Å². The highest BCUT2D eigenvalue weighted by Gasteiger charge is 2.13. The van der Waals surface area contributed by atoms with Gasteiger partial charge in [-0.1, -0.05) is 12.2 Å². The predicted molar refractivity (Wildman–Crippen MR) is 44.1 cm³/mol. The summed E-state index contributed by atoms with van der Waals surface area (Å²) in [4.78, 5) is 18.5. The van der Waals surface area contributed by atoms with Gasteiger partial charge in [0.15, 0.2) is 0 Å². The summed E-state index contributed by atoms with van der Waals surface area (Å²) in [5, 5.41) is 0. The zero-order valence-electron chi connectivity index (χ0n) is 5.44. The standard InChI is InChI=1S/C6H6N2OS/c1-4-7-2-6(10)5(3-9)8-4/h2-3,5H,1H3. The minimum atomic E-state index is -0.479. The minimum absolute atomic E-state index is 0.479. The van der Waals surface area contributed by atoms with Gasteiger partial charge in [0, 0.05) is 6.21 Å². The van der Waals surface area contributed by atoms with E-state index in [2.05, 4.69) is 9.98 Å². The molecule has 1 heterocycles. The number of amidine groups is 1. The average molecular weight is 154 g/mol. The zero-order valence-corrected chi connectivity index (χ0v) is 6.26. The molecule has 1 unspecified atom stereocenters. The SMILES string of the molecule is CC1=NC(C=O)C(=S)C=N1. The Bertz CT molecular complexity index is 232. The van der Waals surface area contributed by atoms with E-state index in [0.29, 0.717) is 10.7 Å². The van der Waals surface area contributed by atoms with E-state index in [1.807, 2.05) is 0 Å². The van der Waals surface area contributed by atoms with Gasteiger partial charge in [-0.15, -0.1) is 0 Å². The molecule has 1 rings (SSSR count). The minimum Gasteiger partial charge on any atom is -0.301 e. The molecule has 0 saturated carbocycles. The first-order valence-electron chi connectivity index (χ1n) is 2.81. The fourth-order valence-corrected chi connectivity index (χ4v) is 0.790. The van der Waals surface area contributed by atoms with Crippen LogP contribution in [0.1, 0.15) is 6.92 Å². The van der Waals surface area contributed by atoms with Crippen molar-refractivity contribution in [3.05, 3.63) is 0 Å². The van der Waals surface area contributed by atoms with Crippen LogP contribution < -0.4 is 0 Å². The van der Waals surface area contributed by atoms with E-state index in [9.17, 15) is 4.79 Å². The lowest BCUT2D eigenvalue weighted by atomic mass is 10.2. The van der Waals surface area contributed by atoms with Crippen molar-refractivity contribution in [2.75, 3.05) is 0 Å². The summed E-state index contributed by atoms with van der Waals surface area (Å²) in [6.07, 6.45) is 2.22. The van der Waals surface area contributed by atoms with E-state index in [1.165, 1.54) is 6.21 Å². The molecule has 3 nitrogen and oxygen atoms in total. The van der Waals surface area contributed by atoms with Crippen LogP contribution in [-0.4, -0.2) is 29.2 Å². The maximum absolute atomic E-state index is 10.3. The van der Waals surface area contributed by atoms with Crippen LogP contribution in [0.4, 0.5) is 0 Å². The van der Waals surface area contributed by atoms with Gasteiger partial charge in [0.25, 0.3) is 0 Å². The third kappa shape index (κ3) is 1.33. The Labute approximate surface area is 63.9 Å². The van der Waals surface area contributed by atoms with Crippen molar-refractivity contribution >= 4 is 35.4 Å². The first-order valence-corrected chi connectivity index (χ1v) is 3.22. The van der Waals surface area contributed by atoms with Crippen LogP contribution in [-0.2, 0) is 4.79 Å². The summed E-state index contributed by atoms with van der Waals surface area (Å²) in [5.41, 5.74) is 0. The van der Waals surface area contributed by atoms with Crippen LogP contribution in [0.3, 0.4) is 0 Å². The summed E-state index contributed by atoms with van der Waals surface area (Å²) < 4.78 is 0. The molecule has 4 heteroatoms. The van der Waals surface area contributed by atoms with Gasteiger partial charge < -0.3 is 4.79 Å². The van der Waals surface area contributed by atoms with Gasteiger partial charge in [-0.2, -0.15) is 0 Å². The van der Waals surface area contributed by atoms with Gasteiger partial charge in [0.1, 0.15) is 18.2 Å². The highest BCUT2D eigenvalue weighted by Crippen LogP contribution is 1.98. The second-order valence-corrected chi connectivity index (χ2v) is 2.39. The molecule has 1 aliphatic rings. The normalized spacial score (nSPS) is 24.3. The number of aldehydes is 1. The van der Waals surface area contributed by atoms with Gasteiger partial charge in [-0.05, 0) is 6.92 Å². The van der Waals surface area contributed by atoms with Gasteiger partial charge in [0.05, 0.1) is 4.86 Å². The Morgan fingerprint density at radius 2 is 2.50 bits per heavy atom. The maximum atomic E-state index is 10.3. The molecule has 0 aromatic rings. The lowest BCUT2D eigenvalue weighted by molar-refractivity contribution is -0.107. The highest BCUT2D eigenvalue weighted by atomic mass is 32.1. The Hall–Kier alpha value is -0.900. The average Bonchev–Trinajstić information content (AvgIpc) is 1.94. The number of rotatable bonds is 1. The maximum Gasteiger partial charge on any atom is 0.150 e. The van der Waals surface area contributed by atoms with Crippen molar-refractivity contribution in [1.29, 1.82) is 0 Å². The quantitative estimate of drug-likeness (QED) is 0.406. The Balaban J connectivity index is 2.86. The van der Waals surface area contributed by atoms with E-state index in [1.54, 1.807) is 6.92 Å². The van der Waals surface area contributed by atoms with Gasteiger partial charge in [0.2, 0.25) is 0 Å². The van der Waals surface area contributed by atoms with Gasteiger partial charge in [-0.3, -0.25) is 4.99 Å². The van der Waals surface area contributed by atoms with Crippen LogP contribution in [0, 0.1) is 0 Å². The van der Waals surface area contributed by atoms with Crippen molar-refractivity contribution in [3.8, 4) is 0 Å². The summed E-state index contributed by atoms with van der Waals surface area (Å²) in [7, 11) is 0. The first-order chi connectivity index (χ1) is 4.74. The smallest absolute Gasteiger partial charge is 0.150 e. The number of thiocarbonyl (C=S) groups is 1. The molecule has 0 aromatic carbocycles. The Morgan fingerprint density at radius 1 is 1.80 bits per heavy atom. The molecular weight excluding hydrogens is 148 g/mol.